The molecule has 2 N–H and O–H groups in total. The smallest absolute Gasteiger partial charge is 0.256 e. The van der Waals surface area contributed by atoms with E-state index < -0.39 is 11.2 Å². The van der Waals surface area contributed by atoms with E-state index in [2.05, 4.69) is 39.4 Å². The Bertz CT molecular complexity index is 1410. The number of nitrogens with one attached hydrogen (secondary N) is 2. The topological polar surface area (TPSA) is 98.4 Å². The number of carbonyl (C=O) groups is 3. The maximum Gasteiger partial charge on any atom is 0.256 e. The lowest BCUT2D eigenvalue weighted by molar-refractivity contribution is -0.124. The lowest BCUT2D eigenvalue weighted by atomic mass is 9.91. The van der Waals surface area contributed by atoms with Crippen LogP contribution in [0.4, 0.5) is 11.5 Å². The first-order valence-corrected chi connectivity index (χ1v) is 13.0. The molecule has 37 heavy (non-hydrogen) atoms. The third-order valence-corrected chi connectivity index (χ3v) is 8.02. The Morgan fingerprint density at radius 2 is 1.81 bits per heavy atom. The first-order valence-electron chi connectivity index (χ1n) is 12.1. The highest BCUT2D eigenvalue weighted by Gasteiger charge is 2.34. The van der Waals surface area contributed by atoms with Crippen LogP contribution in [0.3, 0.4) is 0 Å². The van der Waals surface area contributed by atoms with Crippen LogP contribution < -0.4 is 10.2 Å². The Morgan fingerprint density at radius 1 is 1.11 bits per heavy atom. The van der Waals surface area contributed by atoms with Gasteiger partial charge >= 0.3 is 0 Å². The molecule has 1 aromatic heterocycles. The molecular formula is C27H27Cl2N5O3. The minimum absolute atomic E-state index is 0.0301. The number of hydrogen-bond acceptors (Lipinski definition) is 6. The van der Waals surface area contributed by atoms with Gasteiger partial charge in [0.1, 0.15) is 5.38 Å². The van der Waals surface area contributed by atoms with Gasteiger partial charge in [-0.15, -0.1) is 11.6 Å². The van der Waals surface area contributed by atoms with Crippen molar-refractivity contribution in [2.75, 3.05) is 37.4 Å². The third-order valence-electron chi connectivity index (χ3n) is 7.15. The molecule has 1 saturated heterocycles. The van der Waals surface area contributed by atoms with Gasteiger partial charge in [0, 0.05) is 41.3 Å². The van der Waals surface area contributed by atoms with Crippen molar-refractivity contribution in [3.8, 4) is 0 Å². The molecule has 0 radical (unpaired) electrons. The molecule has 2 aromatic carbocycles. The predicted molar refractivity (Wildman–Crippen MR) is 146 cm³/mol. The summed E-state index contributed by atoms with van der Waals surface area (Å²) in [6.45, 7) is 1.98. The zero-order valence-electron chi connectivity index (χ0n) is 20.6. The van der Waals surface area contributed by atoms with Gasteiger partial charge in [0.15, 0.2) is 17.4 Å². The van der Waals surface area contributed by atoms with Gasteiger partial charge in [0.25, 0.3) is 5.91 Å². The Balaban J connectivity index is 1.30. The number of allylic oxidation sites excluding steroid dienone is 2. The molecule has 1 atom stereocenters. The maximum atomic E-state index is 12.9. The van der Waals surface area contributed by atoms with Crippen molar-refractivity contribution in [3.63, 3.8) is 0 Å². The van der Waals surface area contributed by atoms with E-state index in [1.165, 1.54) is 0 Å². The van der Waals surface area contributed by atoms with Crippen LogP contribution in [0.25, 0.3) is 16.5 Å². The van der Waals surface area contributed by atoms with Gasteiger partial charge in [-0.1, -0.05) is 17.7 Å². The number of carbonyl (C=O) groups excluding carboxylic acids is 3. The summed E-state index contributed by atoms with van der Waals surface area (Å²) in [6.07, 6.45) is 1.94. The van der Waals surface area contributed by atoms with E-state index in [1.807, 2.05) is 24.3 Å². The van der Waals surface area contributed by atoms with Gasteiger partial charge in [-0.3, -0.25) is 19.5 Å². The van der Waals surface area contributed by atoms with Gasteiger partial charge in [0.2, 0.25) is 0 Å². The molecule has 0 spiro atoms. The quantitative estimate of drug-likeness (QED) is 0.367. The number of benzene rings is 2. The Labute approximate surface area is 224 Å². The number of rotatable bonds is 5. The lowest BCUT2D eigenvalue weighted by Gasteiger charge is -2.36. The number of amides is 1. The summed E-state index contributed by atoms with van der Waals surface area (Å²) in [7, 11) is 4.25. The fraction of sp³-hybridized carbons (Fsp3) is 0.333. The van der Waals surface area contributed by atoms with Crippen molar-refractivity contribution in [1.29, 1.82) is 0 Å². The number of fused-ring (bicyclic) bond motifs is 1. The van der Waals surface area contributed by atoms with Crippen molar-refractivity contribution in [1.82, 2.24) is 15.1 Å². The van der Waals surface area contributed by atoms with Crippen LogP contribution in [0, 0.1) is 0 Å². The van der Waals surface area contributed by atoms with E-state index in [1.54, 1.807) is 18.2 Å². The number of aromatic amines is 1. The van der Waals surface area contributed by atoms with Crippen LogP contribution in [0.5, 0.6) is 0 Å². The molecule has 5 rings (SSSR count). The summed E-state index contributed by atoms with van der Waals surface area (Å²) in [5.74, 6) is -0.724. The number of hydrogen-bond donors (Lipinski definition) is 2. The largest absolute Gasteiger partial charge is 0.371 e. The van der Waals surface area contributed by atoms with Crippen LogP contribution in [0.2, 0.25) is 0 Å². The number of H-pyrrole nitrogens is 1. The minimum atomic E-state index is -0.993. The zero-order chi connectivity index (χ0) is 26.3. The van der Waals surface area contributed by atoms with Crippen LogP contribution in [0.1, 0.15) is 35.2 Å². The lowest BCUT2D eigenvalue weighted by Crippen LogP contribution is -2.41. The summed E-state index contributed by atoms with van der Waals surface area (Å²) in [5.41, 5.74) is 3.08. The number of aromatic nitrogens is 2. The molecule has 1 unspecified atom stereocenters. The maximum absolute atomic E-state index is 12.9. The van der Waals surface area contributed by atoms with Gasteiger partial charge < -0.3 is 15.1 Å². The molecule has 8 nitrogen and oxygen atoms in total. The second kappa shape index (κ2) is 10.3. The Morgan fingerprint density at radius 3 is 2.49 bits per heavy atom. The highest BCUT2D eigenvalue weighted by atomic mass is 35.5. The van der Waals surface area contributed by atoms with Crippen LogP contribution in [-0.2, 0) is 9.59 Å². The molecular weight excluding hydrogens is 513 g/mol. The van der Waals surface area contributed by atoms with Crippen molar-refractivity contribution >= 4 is 68.7 Å². The van der Waals surface area contributed by atoms with Gasteiger partial charge in [-0.25, -0.2) is 0 Å². The van der Waals surface area contributed by atoms with E-state index in [-0.39, 0.29) is 28.7 Å². The second-order valence-corrected chi connectivity index (χ2v) is 10.5. The number of anilines is 2. The molecule has 1 fully saturated rings. The standard InChI is InChI=1S/C27H27Cl2N5O3/c1-33(2)17-9-11-34(12-10-17)18-6-3-15(4-7-18)27(37)30-26-19-8-5-16(13-20(19)31-32-26)23-24(28)21(35)14-22(36)25(23)29/h3-8,13,17,24H,9-12,14H2,1-2H3,(H2,30,31,32,37). The molecule has 0 saturated carbocycles. The summed E-state index contributed by atoms with van der Waals surface area (Å²) < 4.78 is 0. The molecule has 1 aliphatic carbocycles. The van der Waals surface area contributed by atoms with E-state index >= 15 is 0 Å². The number of piperidine rings is 1. The fourth-order valence-electron chi connectivity index (χ4n) is 4.95. The highest BCUT2D eigenvalue weighted by molar-refractivity contribution is 6.53. The molecule has 0 bridgehead atoms. The van der Waals surface area contributed by atoms with E-state index in [9.17, 15) is 14.4 Å². The predicted octanol–water partition coefficient (Wildman–Crippen LogP) is 4.44. The summed E-state index contributed by atoms with van der Waals surface area (Å²) in [4.78, 5) is 41.7. The van der Waals surface area contributed by atoms with E-state index in [0.717, 1.165) is 31.6 Å². The number of halogens is 2. The van der Waals surface area contributed by atoms with Crippen molar-refractivity contribution < 1.29 is 14.4 Å². The molecule has 3 aromatic rings. The molecule has 2 aliphatic rings. The normalized spacial score (nSPS) is 19.3. The Kier molecular flexibility index (Phi) is 7.07. The highest BCUT2D eigenvalue weighted by Crippen LogP contribution is 2.36. The first kappa shape index (κ1) is 25.4. The fourth-order valence-corrected chi connectivity index (χ4v) is 5.60. The second-order valence-electron chi connectivity index (χ2n) is 9.67. The van der Waals surface area contributed by atoms with Gasteiger partial charge in [-0.05, 0) is 68.9 Å². The van der Waals surface area contributed by atoms with E-state index in [4.69, 9.17) is 23.2 Å². The number of Topliss-reactive ketones (excluding diaryl/α,β-unsaturated/α-hetero) is 2. The van der Waals surface area contributed by atoms with Gasteiger partial charge in [0.05, 0.1) is 17.0 Å². The molecule has 1 amide bonds. The van der Waals surface area contributed by atoms with E-state index in [0.29, 0.717) is 33.9 Å². The van der Waals surface area contributed by atoms with Crippen molar-refractivity contribution in [3.05, 3.63) is 58.6 Å². The minimum Gasteiger partial charge on any atom is -0.371 e. The Hall–Kier alpha value is -3.20. The van der Waals surface area contributed by atoms with Crippen molar-refractivity contribution in [2.45, 2.75) is 30.7 Å². The van der Waals surface area contributed by atoms with Crippen molar-refractivity contribution in [2.24, 2.45) is 0 Å². The van der Waals surface area contributed by atoms with Crippen LogP contribution in [0.15, 0.2) is 47.5 Å². The SMILES string of the molecule is CN(C)C1CCN(c2ccc(C(=O)Nc3n[nH]c4cc(C5=C(Cl)C(=O)CC(=O)C5Cl)ccc34)cc2)CC1. The molecule has 192 valence electrons. The summed E-state index contributed by atoms with van der Waals surface area (Å²) >= 11 is 12.5. The third kappa shape index (κ3) is 5.01. The average Bonchev–Trinajstić information content (AvgIpc) is 3.29. The number of nitrogens with zero attached hydrogens (tertiary/aromatic N) is 3. The van der Waals surface area contributed by atoms with Crippen LogP contribution in [-0.4, -0.2) is 71.2 Å². The van der Waals surface area contributed by atoms with Crippen LogP contribution >= 0.6 is 23.2 Å². The summed E-state index contributed by atoms with van der Waals surface area (Å²) in [5, 5.41) is 9.64. The zero-order valence-corrected chi connectivity index (χ0v) is 22.1. The molecule has 10 heteroatoms. The summed E-state index contributed by atoms with van der Waals surface area (Å²) in [6, 6.07) is 13.4. The molecule has 1 aliphatic heterocycles. The first-order chi connectivity index (χ1) is 17.7. The van der Waals surface area contributed by atoms with Gasteiger partial charge in [-0.2, -0.15) is 5.10 Å². The average molecular weight is 540 g/mol. The molecule has 2 heterocycles. The monoisotopic (exact) mass is 539 g/mol. The number of ketones is 2. The number of alkyl halides is 1.